The van der Waals surface area contributed by atoms with Crippen LogP contribution in [0, 0.1) is 5.82 Å². The Morgan fingerprint density at radius 3 is 2.53 bits per heavy atom. The first-order valence-corrected chi connectivity index (χ1v) is 5.61. The lowest BCUT2D eigenvalue weighted by Crippen LogP contribution is -2.20. The third-order valence-corrected chi connectivity index (χ3v) is 2.36. The highest BCUT2D eigenvalue weighted by Crippen LogP contribution is 2.21. The second kappa shape index (κ2) is 5.86. The van der Waals surface area contributed by atoms with Crippen LogP contribution in [0.4, 0.5) is 10.1 Å². The van der Waals surface area contributed by atoms with Gasteiger partial charge in [-0.2, -0.15) is 0 Å². The maximum atomic E-state index is 12.7. The van der Waals surface area contributed by atoms with Crippen LogP contribution in [0.3, 0.4) is 0 Å². The fraction of sp³-hybridized carbons (Fsp3) is 0.0714. The van der Waals surface area contributed by atoms with Gasteiger partial charge >= 0.3 is 0 Å². The van der Waals surface area contributed by atoms with Gasteiger partial charge in [-0.1, -0.05) is 12.1 Å². The lowest BCUT2D eigenvalue weighted by atomic mass is 10.3. The van der Waals surface area contributed by atoms with Crippen molar-refractivity contribution in [3.63, 3.8) is 0 Å². The normalized spacial score (nSPS) is 9.95. The number of para-hydroxylation sites is 2. The van der Waals surface area contributed by atoms with Gasteiger partial charge in [-0.05, 0) is 36.4 Å². The molecule has 2 N–H and O–H groups in total. The van der Waals surface area contributed by atoms with Gasteiger partial charge in [0.2, 0.25) is 0 Å². The van der Waals surface area contributed by atoms with Crippen molar-refractivity contribution in [3.8, 4) is 11.5 Å². The Balaban J connectivity index is 1.88. The fourth-order valence-corrected chi connectivity index (χ4v) is 1.45. The van der Waals surface area contributed by atoms with Crippen molar-refractivity contribution in [1.29, 1.82) is 0 Å². The van der Waals surface area contributed by atoms with Crippen LogP contribution in [0.15, 0.2) is 48.5 Å². The van der Waals surface area contributed by atoms with Gasteiger partial charge in [-0.3, -0.25) is 4.79 Å². The Labute approximate surface area is 109 Å². The molecule has 0 unspecified atom stereocenters. The zero-order valence-electron chi connectivity index (χ0n) is 9.97. The molecule has 19 heavy (non-hydrogen) atoms. The monoisotopic (exact) mass is 261 g/mol. The summed E-state index contributed by atoms with van der Waals surface area (Å²) in [4.78, 5) is 11.6. The average molecular weight is 261 g/mol. The molecule has 2 aromatic rings. The summed E-state index contributed by atoms with van der Waals surface area (Å²) in [5, 5.41) is 12.0. The molecule has 0 bridgehead atoms. The Morgan fingerprint density at radius 1 is 1.16 bits per heavy atom. The number of phenols is 1. The number of benzene rings is 2. The smallest absolute Gasteiger partial charge is 0.262 e. The van der Waals surface area contributed by atoms with Crippen LogP contribution in [0.2, 0.25) is 0 Å². The molecule has 2 aromatic carbocycles. The van der Waals surface area contributed by atoms with E-state index in [4.69, 9.17) is 4.74 Å². The highest BCUT2D eigenvalue weighted by atomic mass is 19.1. The van der Waals surface area contributed by atoms with E-state index >= 15 is 0 Å². The van der Waals surface area contributed by atoms with Gasteiger partial charge in [-0.15, -0.1) is 0 Å². The van der Waals surface area contributed by atoms with E-state index in [0.29, 0.717) is 11.4 Å². The molecular formula is C14H12FNO3. The lowest BCUT2D eigenvalue weighted by Gasteiger charge is -2.08. The van der Waals surface area contributed by atoms with Crippen molar-refractivity contribution in [2.45, 2.75) is 0 Å². The molecule has 0 aliphatic heterocycles. The third-order valence-electron chi connectivity index (χ3n) is 2.36. The number of aromatic hydroxyl groups is 1. The summed E-state index contributed by atoms with van der Waals surface area (Å²) < 4.78 is 17.8. The minimum atomic E-state index is -0.411. The summed E-state index contributed by atoms with van der Waals surface area (Å²) in [6, 6.07) is 11.7. The predicted molar refractivity (Wildman–Crippen MR) is 68.6 cm³/mol. The van der Waals surface area contributed by atoms with Gasteiger partial charge in [0.1, 0.15) is 17.3 Å². The standard InChI is InChI=1S/C14H12FNO3/c15-10-5-7-11(8-6-10)19-9-14(18)16-12-3-1-2-4-13(12)17/h1-8,17H,9H2,(H,16,18). The summed E-state index contributed by atoms with van der Waals surface area (Å²) in [6.45, 7) is -0.222. The van der Waals surface area contributed by atoms with E-state index in [0.717, 1.165) is 0 Å². The fourth-order valence-electron chi connectivity index (χ4n) is 1.45. The number of halogens is 1. The maximum Gasteiger partial charge on any atom is 0.262 e. The zero-order chi connectivity index (χ0) is 13.7. The van der Waals surface area contributed by atoms with E-state index in [-0.39, 0.29) is 18.2 Å². The molecule has 0 aliphatic carbocycles. The number of rotatable bonds is 4. The molecule has 2 rings (SSSR count). The highest BCUT2D eigenvalue weighted by Gasteiger charge is 2.06. The van der Waals surface area contributed by atoms with Crippen LogP contribution >= 0.6 is 0 Å². The minimum Gasteiger partial charge on any atom is -0.506 e. The molecule has 0 fully saturated rings. The van der Waals surface area contributed by atoms with Crippen LogP contribution < -0.4 is 10.1 Å². The van der Waals surface area contributed by atoms with Gasteiger partial charge in [0.15, 0.2) is 6.61 Å². The number of carbonyl (C=O) groups excluding carboxylic acids is 1. The molecule has 0 aliphatic rings. The molecule has 4 nitrogen and oxygen atoms in total. The van der Waals surface area contributed by atoms with Gasteiger partial charge in [0, 0.05) is 0 Å². The number of phenolic OH excluding ortho intramolecular Hbond substituents is 1. The Morgan fingerprint density at radius 2 is 1.84 bits per heavy atom. The van der Waals surface area contributed by atoms with Crippen molar-refractivity contribution in [2.24, 2.45) is 0 Å². The van der Waals surface area contributed by atoms with Gasteiger partial charge < -0.3 is 15.2 Å². The Bertz CT molecular complexity index is 569. The summed E-state index contributed by atoms with van der Waals surface area (Å²) >= 11 is 0. The van der Waals surface area contributed by atoms with Crippen molar-refractivity contribution < 1.29 is 19.0 Å². The Hall–Kier alpha value is -2.56. The van der Waals surface area contributed by atoms with Crippen molar-refractivity contribution >= 4 is 11.6 Å². The molecule has 0 atom stereocenters. The van der Waals surface area contributed by atoms with E-state index < -0.39 is 5.91 Å². The average Bonchev–Trinajstić information content (AvgIpc) is 2.41. The predicted octanol–water partition coefficient (Wildman–Crippen LogP) is 2.55. The molecule has 0 aromatic heterocycles. The molecule has 1 amide bonds. The molecule has 0 saturated carbocycles. The molecule has 0 heterocycles. The number of hydrogen-bond acceptors (Lipinski definition) is 3. The van der Waals surface area contributed by atoms with Gasteiger partial charge in [0.05, 0.1) is 5.69 Å². The number of nitrogens with one attached hydrogen (secondary N) is 1. The first-order chi connectivity index (χ1) is 9.15. The van der Waals surface area contributed by atoms with Crippen LogP contribution in [-0.2, 0) is 4.79 Å². The minimum absolute atomic E-state index is 0.0161. The quantitative estimate of drug-likeness (QED) is 0.831. The number of hydrogen-bond donors (Lipinski definition) is 2. The van der Waals surface area contributed by atoms with E-state index in [2.05, 4.69) is 5.32 Å². The number of ether oxygens (including phenoxy) is 1. The molecule has 0 saturated heterocycles. The van der Waals surface area contributed by atoms with Crippen LogP contribution in [0.25, 0.3) is 0 Å². The highest BCUT2D eigenvalue weighted by molar-refractivity contribution is 5.93. The zero-order valence-corrected chi connectivity index (χ0v) is 9.97. The maximum absolute atomic E-state index is 12.7. The van der Waals surface area contributed by atoms with Crippen molar-refractivity contribution in [2.75, 3.05) is 11.9 Å². The molecule has 0 radical (unpaired) electrons. The van der Waals surface area contributed by atoms with Crippen LogP contribution in [-0.4, -0.2) is 17.6 Å². The summed E-state index contributed by atoms with van der Waals surface area (Å²) in [5.41, 5.74) is 0.315. The summed E-state index contributed by atoms with van der Waals surface area (Å²) in [6.07, 6.45) is 0. The lowest BCUT2D eigenvalue weighted by molar-refractivity contribution is -0.118. The summed E-state index contributed by atoms with van der Waals surface area (Å²) in [5.74, 6) is -0.400. The SMILES string of the molecule is O=C(COc1ccc(F)cc1)Nc1ccccc1O. The first-order valence-electron chi connectivity index (χ1n) is 5.61. The van der Waals surface area contributed by atoms with E-state index in [9.17, 15) is 14.3 Å². The first kappa shape index (κ1) is 12.9. The number of amides is 1. The Kier molecular flexibility index (Phi) is 3.97. The van der Waals surface area contributed by atoms with Crippen molar-refractivity contribution in [1.82, 2.24) is 0 Å². The summed E-state index contributed by atoms with van der Waals surface area (Å²) in [7, 11) is 0. The number of anilines is 1. The van der Waals surface area contributed by atoms with Crippen LogP contribution in [0.5, 0.6) is 11.5 Å². The third kappa shape index (κ3) is 3.70. The topological polar surface area (TPSA) is 58.6 Å². The second-order valence-corrected chi connectivity index (χ2v) is 3.81. The molecule has 0 spiro atoms. The largest absolute Gasteiger partial charge is 0.506 e. The molecule has 5 heteroatoms. The van der Waals surface area contributed by atoms with E-state index in [1.807, 2.05) is 0 Å². The van der Waals surface area contributed by atoms with Crippen LogP contribution in [0.1, 0.15) is 0 Å². The second-order valence-electron chi connectivity index (χ2n) is 3.81. The van der Waals surface area contributed by atoms with Gasteiger partial charge in [-0.25, -0.2) is 4.39 Å². The molecular weight excluding hydrogens is 249 g/mol. The van der Waals surface area contributed by atoms with Crippen molar-refractivity contribution in [3.05, 3.63) is 54.3 Å². The van der Waals surface area contributed by atoms with E-state index in [1.54, 1.807) is 18.2 Å². The number of carbonyl (C=O) groups is 1. The van der Waals surface area contributed by atoms with Gasteiger partial charge in [0.25, 0.3) is 5.91 Å². The molecule has 98 valence electrons. The van der Waals surface area contributed by atoms with E-state index in [1.165, 1.54) is 30.3 Å².